The van der Waals surface area contributed by atoms with Gasteiger partial charge in [-0.3, -0.25) is 14.9 Å². The number of amides is 1. The van der Waals surface area contributed by atoms with E-state index in [4.69, 9.17) is 16.3 Å². The Balaban J connectivity index is 1.92. The molecule has 2 rings (SSSR count). The molecule has 9 heteroatoms. The fraction of sp³-hybridized carbons (Fsp3) is 0.0667. The number of aromatic hydroxyl groups is 1. The number of rotatable bonds is 6. The van der Waals surface area contributed by atoms with Gasteiger partial charge in [0.2, 0.25) is 5.75 Å². The van der Waals surface area contributed by atoms with Crippen molar-refractivity contribution in [3.8, 4) is 11.5 Å². The zero-order valence-corrected chi connectivity index (χ0v) is 12.9. The van der Waals surface area contributed by atoms with E-state index in [-0.39, 0.29) is 12.2 Å². The highest BCUT2D eigenvalue weighted by atomic mass is 35.5. The number of hydrogen-bond acceptors (Lipinski definition) is 6. The number of nitrogens with zero attached hydrogens (tertiary/aromatic N) is 2. The maximum absolute atomic E-state index is 11.6. The number of phenols is 1. The Kier molecular flexibility index (Phi) is 5.69. The van der Waals surface area contributed by atoms with Crippen LogP contribution in [0.3, 0.4) is 0 Å². The third kappa shape index (κ3) is 4.43. The van der Waals surface area contributed by atoms with E-state index in [1.807, 2.05) is 0 Å². The van der Waals surface area contributed by atoms with Gasteiger partial charge in [-0.2, -0.15) is 5.10 Å². The van der Waals surface area contributed by atoms with Gasteiger partial charge >= 0.3 is 5.69 Å². The summed E-state index contributed by atoms with van der Waals surface area (Å²) in [5, 5.41) is 24.4. The van der Waals surface area contributed by atoms with Crippen LogP contribution < -0.4 is 10.2 Å². The number of benzene rings is 2. The van der Waals surface area contributed by atoms with Crippen LogP contribution in [0.5, 0.6) is 11.5 Å². The highest BCUT2D eigenvalue weighted by Gasteiger charge is 2.15. The molecular weight excluding hydrogens is 338 g/mol. The second-order valence-electron chi connectivity index (χ2n) is 4.48. The molecule has 8 nitrogen and oxygen atoms in total. The minimum Gasteiger partial charge on any atom is -0.502 e. The van der Waals surface area contributed by atoms with Crippen molar-refractivity contribution in [1.82, 2.24) is 5.43 Å². The van der Waals surface area contributed by atoms with E-state index in [0.29, 0.717) is 10.8 Å². The first-order valence-corrected chi connectivity index (χ1v) is 7.02. The highest BCUT2D eigenvalue weighted by molar-refractivity contribution is 6.32. The minimum atomic E-state index is -0.720. The Morgan fingerprint density at radius 1 is 1.33 bits per heavy atom. The molecule has 0 aromatic heterocycles. The van der Waals surface area contributed by atoms with Crippen molar-refractivity contribution in [3.05, 3.63) is 63.2 Å². The molecule has 0 aliphatic carbocycles. The first-order chi connectivity index (χ1) is 11.5. The molecule has 0 atom stereocenters. The van der Waals surface area contributed by atoms with Gasteiger partial charge in [0, 0.05) is 11.6 Å². The molecule has 0 heterocycles. The van der Waals surface area contributed by atoms with Gasteiger partial charge in [0.15, 0.2) is 6.61 Å². The van der Waals surface area contributed by atoms with Gasteiger partial charge in [-0.15, -0.1) is 0 Å². The number of hydrogen-bond donors (Lipinski definition) is 2. The lowest BCUT2D eigenvalue weighted by atomic mass is 10.2. The van der Waals surface area contributed by atoms with Crippen LogP contribution in [-0.2, 0) is 4.79 Å². The number of nitro benzene ring substituents is 1. The SMILES string of the molecule is O=C(COc1ccccc1Cl)NN=Cc1cccc([N+](=O)[O-])c1O. The number of carbonyl (C=O) groups is 1. The molecule has 0 saturated carbocycles. The average Bonchev–Trinajstić information content (AvgIpc) is 2.55. The van der Waals surface area contributed by atoms with Crippen LogP contribution >= 0.6 is 11.6 Å². The predicted octanol–water partition coefficient (Wildman–Crippen LogP) is 2.48. The summed E-state index contributed by atoms with van der Waals surface area (Å²) in [7, 11) is 0. The third-order valence-corrected chi connectivity index (χ3v) is 3.14. The summed E-state index contributed by atoms with van der Waals surface area (Å²) in [5.74, 6) is -0.737. The zero-order chi connectivity index (χ0) is 17.5. The first kappa shape index (κ1) is 17.2. The number of phenolic OH excluding ortho intramolecular Hbond substituents is 1. The van der Waals surface area contributed by atoms with Crippen molar-refractivity contribution >= 4 is 29.4 Å². The maximum atomic E-state index is 11.6. The zero-order valence-electron chi connectivity index (χ0n) is 12.2. The Morgan fingerprint density at radius 2 is 2.08 bits per heavy atom. The Labute approximate surface area is 141 Å². The Morgan fingerprint density at radius 3 is 2.79 bits per heavy atom. The van der Waals surface area contributed by atoms with Crippen molar-refractivity contribution in [2.75, 3.05) is 6.61 Å². The largest absolute Gasteiger partial charge is 0.502 e. The molecule has 0 bridgehead atoms. The Bertz CT molecular complexity index is 794. The fourth-order valence-corrected chi connectivity index (χ4v) is 1.90. The van der Waals surface area contributed by atoms with Crippen LogP contribution in [0.15, 0.2) is 47.6 Å². The normalized spacial score (nSPS) is 10.5. The summed E-state index contributed by atoms with van der Waals surface area (Å²) in [6.45, 7) is -0.317. The van der Waals surface area contributed by atoms with Gasteiger partial charge in [-0.25, -0.2) is 5.43 Å². The van der Waals surface area contributed by atoms with E-state index in [9.17, 15) is 20.0 Å². The number of nitrogens with one attached hydrogen (secondary N) is 1. The molecule has 0 fully saturated rings. The first-order valence-electron chi connectivity index (χ1n) is 6.64. The second-order valence-corrected chi connectivity index (χ2v) is 4.89. The molecule has 24 heavy (non-hydrogen) atoms. The summed E-state index contributed by atoms with van der Waals surface area (Å²) < 4.78 is 5.22. The molecule has 0 aliphatic heterocycles. The van der Waals surface area contributed by atoms with Crippen LogP contribution in [-0.4, -0.2) is 28.8 Å². The highest BCUT2D eigenvalue weighted by Crippen LogP contribution is 2.27. The lowest BCUT2D eigenvalue weighted by Gasteiger charge is -2.06. The van der Waals surface area contributed by atoms with Crippen molar-refractivity contribution in [2.45, 2.75) is 0 Å². The summed E-state index contributed by atoms with van der Waals surface area (Å²) in [6.07, 6.45) is 1.09. The summed E-state index contributed by atoms with van der Waals surface area (Å²) in [5.41, 5.74) is 1.82. The molecule has 2 aromatic carbocycles. The summed E-state index contributed by atoms with van der Waals surface area (Å²) in [4.78, 5) is 21.6. The number of carbonyl (C=O) groups excluding carboxylic acids is 1. The topological polar surface area (TPSA) is 114 Å². The fourth-order valence-electron chi connectivity index (χ4n) is 1.71. The predicted molar refractivity (Wildman–Crippen MR) is 87.4 cm³/mol. The molecule has 2 aromatic rings. The second kappa shape index (κ2) is 7.93. The van der Waals surface area contributed by atoms with Gasteiger partial charge < -0.3 is 9.84 Å². The van der Waals surface area contributed by atoms with Gasteiger partial charge in [0.1, 0.15) is 5.75 Å². The number of hydrazone groups is 1. The molecule has 0 radical (unpaired) electrons. The molecule has 0 unspecified atom stereocenters. The van der Waals surface area contributed by atoms with Gasteiger partial charge in [-0.05, 0) is 18.2 Å². The van der Waals surface area contributed by atoms with Crippen LogP contribution in [0.2, 0.25) is 5.02 Å². The minimum absolute atomic E-state index is 0.0940. The third-order valence-electron chi connectivity index (χ3n) is 2.83. The smallest absolute Gasteiger partial charge is 0.311 e. The molecule has 0 spiro atoms. The molecule has 2 N–H and O–H groups in total. The molecule has 124 valence electrons. The number of para-hydroxylation sites is 2. The lowest BCUT2D eigenvalue weighted by Crippen LogP contribution is -2.24. The van der Waals surface area contributed by atoms with Crippen LogP contribution in [0, 0.1) is 10.1 Å². The average molecular weight is 350 g/mol. The summed E-state index contributed by atoms with van der Waals surface area (Å²) >= 11 is 5.88. The maximum Gasteiger partial charge on any atom is 0.311 e. The van der Waals surface area contributed by atoms with Gasteiger partial charge in [-0.1, -0.05) is 29.8 Å². The van der Waals surface area contributed by atoms with E-state index in [0.717, 1.165) is 12.3 Å². The standard InChI is InChI=1S/C15H12ClN3O5/c16-11-5-1-2-7-13(11)24-9-14(20)18-17-8-10-4-3-6-12(15(10)21)19(22)23/h1-8,21H,9H2,(H,18,20). The van der Waals surface area contributed by atoms with E-state index in [2.05, 4.69) is 10.5 Å². The van der Waals surface area contributed by atoms with Crippen molar-refractivity contribution in [3.63, 3.8) is 0 Å². The molecular formula is C15H12ClN3O5. The summed E-state index contributed by atoms with van der Waals surface area (Å²) in [6, 6.07) is 10.6. The van der Waals surface area contributed by atoms with Crippen LogP contribution in [0.25, 0.3) is 0 Å². The van der Waals surface area contributed by atoms with E-state index in [1.54, 1.807) is 24.3 Å². The van der Waals surface area contributed by atoms with E-state index >= 15 is 0 Å². The van der Waals surface area contributed by atoms with Crippen LogP contribution in [0.4, 0.5) is 5.69 Å². The molecule has 0 saturated heterocycles. The van der Waals surface area contributed by atoms with Crippen molar-refractivity contribution in [1.29, 1.82) is 0 Å². The van der Waals surface area contributed by atoms with Crippen molar-refractivity contribution < 1.29 is 19.6 Å². The van der Waals surface area contributed by atoms with Gasteiger partial charge in [0.25, 0.3) is 5.91 Å². The van der Waals surface area contributed by atoms with E-state index < -0.39 is 22.3 Å². The quantitative estimate of drug-likeness (QED) is 0.472. The number of nitro groups is 1. The monoisotopic (exact) mass is 349 g/mol. The lowest BCUT2D eigenvalue weighted by molar-refractivity contribution is -0.385. The number of halogens is 1. The van der Waals surface area contributed by atoms with Crippen LogP contribution in [0.1, 0.15) is 5.56 Å². The van der Waals surface area contributed by atoms with Gasteiger partial charge in [0.05, 0.1) is 16.2 Å². The molecule has 0 aliphatic rings. The van der Waals surface area contributed by atoms with E-state index in [1.165, 1.54) is 12.1 Å². The Hall–Kier alpha value is -3.13. The van der Waals surface area contributed by atoms with Crippen molar-refractivity contribution in [2.24, 2.45) is 5.10 Å². The molecule has 1 amide bonds. The number of ether oxygens (including phenoxy) is 1.